The summed E-state index contributed by atoms with van der Waals surface area (Å²) in [6, 6.07) is 19.2. The standard InChI is InChI=1S/C22H23N3O2S/c1-16-8-10-17(11-9-16)13-25-22(27)19-6-2-3-7-20(19)23-15-21(26)24-14-18-5-4-12-28-18/h2-12,23H,13-15H2,1H3,(H,24,26)(H,25,27). The molecule has 144 valence electrons. The zero-order valence-electron chi connectivity index (χ0n) is 15.7. The van der Waals surface area contributed by atoms with Gasteiger partial charge in [-0.2, -0.15) is 0 Å². The molecule has 0 bridgehead atoms. The monoisotopic (exact) mass is 393 g/mol. The topological polar surface area (TPSA) is 70.2 Å². The van der Waals surface area contributed by atoms with Gasteiger partial charge in [0.05, 0.1) is 18.7 Å². The lowest BCUT2D eigenvalue weighted by Gasteiger charge is -2.12. The van der Waals surface area contributed by atoms with Crippen molar-refractivity contribution in [2.45, 2.75) is 20.0 Å². The van der Waals surface area contributed by atoms with Gasteiger partial charge in [0.1, 0.15) is 0 Å². The molecule has 2 amide bonds. The molecule has 5 nitrogen and oxygen atoms in total. The molecule has 28 heavy (non-hydrogen) atoms. The van der Waals surface area contributed by atoms with Crippen LogP contribution in [0.1, 0.15) is 26.4 Å². The summed E-state index contributed by atoms with van der Waals surface area (Å²) < 4.78 is 0. The van der Waals surface area contributed by atoms with Gasteiger partial charge in [0.15, 0.2) is 0 Å². The third kappa shape index (κ3) is 5.69. The number of aryl methyl sites for hydroxylation is 1. The molecule has 3 rings (SSSR count). The van der Waals surface area contributed by atoms with Crippen LogP contribution < -0.4 is 16.0 Å². The van der Waals surface area contributed by atoms with Crippen molar-refractivity contribution in [3.05, 3.63) is 87.6 Å². The quantitative estimate of drug-likeness (QED) is 0.546. The molecule has 0 aliphatic rings. The maximum Gasteiger partial charge on any atom is 0.253 e. The van der Waals surface area contributed by atoms with Crippen LogP contribution in [0, 0.1) is 6.92 Å². The second-order valence-corrected chi connectivity index (χ2v) is 7.46. The summed E-state index contributed by atoms with van der Waals surface area (Å²) in [5.41, 5.74) is 3.37. The van der Waals surface area contributed by atoms with Crippen molar-refractivity contribution < 1.29 is 9.59 Å². The Labute approximate surface area is 168 Å². The first-order chi connectivity index (χ1) is 13.6. The Morgan fingerprint density at radius 2 is 1.68 bits per heavy atom. The second kappa shape index (κ2) is 9.71. The number of rotatable bonds is 8. The van der Waals surface area contributed by atoms with E-state index in [4.69, 9.17) is 0 Å². The van der Waals surface area contributed by atoms with E-state index in [1.165, 1.54) is 5.56 Å². The highest BCUT2D eigenvalue weighted by molar-refractivity contribution is 7.09. The van der Waals surface area contributed by atoms with E-state index in [0.717, 1.165) is 10.4 Å². The fraction of sp³-hybridized carbons (Fsp3) is 0.182. The first-order valence-corrected chi connectivity index (χ1v) is 9.95. The molecule has 0 fully saturated rings. The predicted octanol–water partition coefficient (Wildman–Crippen LogP) is 3.71. The molecule has 1 heterocycles. The van der Waals surface area contributed by atoms with Crippen LogP contribution in [0.3, 0.4) is 0 Å². The van der Waals surface area contributed by atoms with Crippen LogP contribution >= 0.6 is 11.3 Å². The molecular formula is C22H23N3O2S. The van der Waals surface area contributed by atoms with Crippen LogP contribution in [0.25, 0.3) is 0 Å². The van der Waals surface area contributed by atoms with Crippen LogP contribution in [0.4, 0.5) is 5.69 Å². The number of benzene rings is 2. The van der Waals surface area contributed by atoms with Crippen molar-refractivity contribution in [2.75, 3.05) is 11.9 Å². The smallest absolute Gasteiger partial charge is 0.253 e. The lowest BCUT2D eigenvalue weighted by molar-refractivity contribution is -0.119. The number of para-hydroxylation sites is 1. The molecule has 1 aromatic heterocycles. The van der Waals surface area contributed by atoms with Gasteiger partial charge in [-0.05, 0) is 36.1 Å². The summed E-state index contributed by atoms with van der Waals surface area (Å²) in [4.78, 5) is 25.7. The molecule has 0 unspecified atom stereocenters. The van der Waals surface area contributed by atoms with Crippen molar-refractivity contribution in [1.82, 2.24) is 10.6 Å². The van der Waals surface area contributed by atoms with Crippen molar-refractivity contribution in [3.8, 4) is 0 Å². The minimum atomic E-state index is -0.178. The average molecular weight is 394 g/mol. The number of carbonyl (C=O) groups is 2. The van der Waals surface area contributed by atoms with Crippen LogP contribution in [0.2, 0.25) is 0 Å². The molecule has 3 N–H and O–H groups in total. The fourth-order valence-electron chi connectivity index (χ4n) is 2.66. The van der Waals surface area contributed by atoms with Gasteiger partial charge in [0.25, 0.3) is 5.91 Å². The van der Waals surface area contributed by atoms with Crippen molar-refractivity contribution in [2.24, 2.45) is 0 Å². The maximum atomic E-state index is 12.6. The number of anilines is 1. The van der Waals surface area contributed by atoms with E-state index in [1.807, 2.05) is 60.8 Å². The van der Waals surface area contributed by atoms with E-state index in [0.29, 0.717) is 24.3 Å². The van der Waals surface area contributed by atoms with E-state index in [2.05, 4.69) is 16.0 Å². The molecule has 3 aromatic rings. The second-order valence-electron chi connectivity index (χ2n) is 6.42. The predicted molar refractivity (Wildman–Crippen MR) is 113 cm³/mol. The molecule has 2 aromatic carbocycles. The number of amides is 2. The molecule has 0 saturated heterocycles. The van der Waals surface area contributed by atoms with E-state index < -0.39 is 0 Å². The highest BCUT2D eigenvalue weighted by atomic mass is 32.1. The molecule has 6 heteroatoms. The molecule has 0 saturated carbocycles. The van der Waals surface area contributed by atoms with Crippen LogP contribution in [-0.4, -0.2) is 18.4 Å². The van der Waals surface area contributed by atoms with Gasteiger partial charge in [-0.3, -0.25) is 9.59 Å². The normalized spacial score (nSPS) is 10.3. The van der Waals surface area contributed by atoms with Gasteiger partial charge in [0.2, 0.25) is 5.91 Å². The minimum Gasteiger partial charge on any atom is -0.376 e. The van der Waals surface area contributed by atoms with Crippen molar-refractivity contribution >= 4 is 28.8 Å². The minimum absolute atomic E-state index is 0.105. The molecule has 0 spiro atoms. The molecule has 0 radical (unpaired) electrons. The summed E-state index contributed by atoms with van der Waals surface area (Å²) in [7, 11) is 0. The molecular weight excluding hydrogens is 370 g/mol. The Hall–Kier alpha value is -3.12. The Morgan fingerprint density at radius 1 is 0.893 bits per heavy atom. The van der Waals surface area contributed by atoms with E-state index >= 15 is 0 Å². The maximum absolute atomic E-state index is 12.6. The van der Waals surface area contributed by atoms with Crippen LogP contribution in [0.5, 0.6) is 0 Å². The van der Waals surface area contributed by atoms with Gasteiger partial charge in [-0.15, -0.1) is 11.3 Å². The number of carbonyl (C=O) groups excluding carboxylic acids is 2. The number of nitrogens with one attached hydrogen (secondary N) is 3. The summed E-state index contributed by atoms with van der Waals surface area (Å²) in [5.74, 6) is -0.300. The molecule has 0 aliphatic heterocycles. The number of hydrogen-bond donors (Lipinski definition) is 3. The van der Waals surface area contributed by atoms with Crippen molar-refractivity contribution in [1.29, 1.82) is 0 Å². The lowest BCUT2D eigenvalue weighted by atomic mass is 10.1. The summed E-state index contributed by atoms with van der Waals surface area (Å²) >= 11 is 1.60. The highest BCUT2D eigenvalue weighted by Crippen LogP contribution is 2.15. The first kappa shape index (κ1) is 19.6. The Morgan fingerprint density at radius 3 is 2.43 bits per heavy atom. The van der Waals surface area contributed by atoms with E-state index in [1.54, 1.807) is 23.5 Å². The van der Waals surface area contributed by atoms with Crippen LogP contribution in [-0.2, 0) is 17.9 Å². The molecule has 0 aliphatic carbocycles. The number of hydrogen-bond acceptors (Lipinski definition) is 4. The zero-order chi connectivity index (χ0) is 19.8. The average Bonchev–Trinajstić information content (AvgIpc) is 3.24. The van der Waals surface area contributed by atoms with Crippen LogP contribution in [0.15, 0.2) is 66.0 Å². The van der Waals surface area contributed by atoms with E-state index in [-0.39, 0.29) is 18.4 Å². The fourth-order valence-corrected chi connectivity index (χ4v) is 3.30. The van der Waals surface area contributed by atoms with Gasteiger partial charge < -0.3 is 16.0 Å². The molecule has 0 atom stereocenters. The summed E-state index contributed by atoms with van der Waals surface area (Å²) in [5, 5.41) is 10.8. The SMILES string of the molecule is Cc1ccc(CNC(=O)c2ccccc2NCC(=O)NCc2cccs2)cc1. The first-order valence-electron chi connectivity index (χ1n) is 9.07. The Kier molecular flexibility index (Phi) is 6.81. The van der Waals surface area contributed by atoms with Gasteiger partial charge >= 0.3 is 0 Å². The summed E-state index contributed by atoms with van der Waals surface area (Å²) in [6.07, 6.45) is 0. The third-order valence-electron chi connectivity index (χ3n) is 4.22. The van der Waals surface area contributed by atoms with Gasteiger partial charge in [-0.25, -0.2) is 0 Å². The number of thiophene rings is 1. The van der Waals surface area contributed by atoms with Gasteiger partial charge in [-0.1, -0.05) is 48.0 Å². The highest BCUT2D eigenvalue weighted by Gasteiger charge is 2.11. The summed E-state index contributed by atoms with van der Waals surface area (Å²) in [6.45, 7) is 3.10. The third-order valence-corrected chi connectivity index (χ3v) is 5.10. The Balaban J connectivity index is 1.53. The van der Waals surface area contributed by atoms with Crippen molar-refractivity contribution in [3.63, 3.8) is 0 Å². The van der Waals surface area contributed by atoms with Gasteiger partial charge in [0, 0.05) is 17.1 Å². The Bertz CT molecular complexity index is 921. The lowest BCUT2D eigenvalue weighted by Crippen LogP contribution is -2.30. The largest absolute Gasteiger partial charge is 0.376 e. The zero-order valence-corrected chi connectivity index (χ0v) is 16.5. The van der Waals surface area contributed by atoms with E-state index in [9.17, 15) is 9.59 Å².